The third-order valence-electron chi connectivity index (χ3n) is 3.60. The van der Waals surface area contributed by atoms with Crippen LogP contribution in [0.3, 0.4) is 0 Å². The molecule has 0 aliphatic heterocycles. The van der Waals surface area contributed by atoms with E-state index in [0.29, 0.717) is 6.07 Å². The summed E-state index contributed by atoms with van der Waals surface area (Å²) in [7, 11) is 0. The summed E-state index contributed by atoms with van der Waals surface area (Å²) in [5.74, 6) is -1.84. The van der Waals surface area contributed by atoms with Crippen molar-refractivity contribution < 1.29 is 32.5 Å². The van der Waals surface area contributed by atoms with Gasteiger partial charge in [-0.1, -0.05) is 19.3 Å². The van der Waals surface area contributed by atoms with Crippen LogP contribution in [0.5, 0.6) is 5.75 Å². The second kappa shape index (κ2) is 7.00. The Morgan fingerprint density at radius 3 is 2.50 bits per heavy atom. The normalized spacial score (nSPS) is 16.5. The highest BCUT2D eigenvalue weighted by atomic mass is 19.4. The Morgan fingerprint density at radius 1 is 1.23 bits per heavy atom. The number of carboxylic acids is 1. The van der Waals surface area contributed by atoms with Gasteiger partial charge in [-0.15, -0.1) is 0 Å². The molecule has 1 N–H and O–H groups in total. The van der Waals surface area contributed by atoms with Gasteiger partial charge in [0.2, 0.25) is 0 Å². The lowest BCUT2D eigenvalue weighted by Crippen LogP contribution is -2.20. The average molecular weight is 318 g/mol. The highest BCUT2D eigenvalue weighted by Gasteiger charge is 2.35. The summed E-state index contributed by atoms with van der Waals surface area (Å²) in [6.07, 6.45) is 0.317. The first-order chi connectivity index (χ1) is 10.4. The maximum atomic E-state index is 12.9. The Balaban J connectivity index is 2.06. The number of aromatic carboxylic acids is 1. The maximum absolute atomic E-state index is 12.9. The van der Waals surface area contributed by atoms with Crippen LogP contribution < -0.4 is 4.74 Å². The first-order valence-corrected chi connectivity index (χ1v) is 7.07. The Labute approximate surface area is 125 Å². The van der Waals surface area contributed by atoms with Crippen LogP contribution in [0.25, 0.3) is 0 Å². The third-order valence-corrected chi connectivity index (χ3v) is 3.60. The van der Waals surface area contributed by atoms with E-state index in [4.69, 9.17) is 14.6 Å². The van der Waals surface area contributed by atoms with Crippen molar-refractivity contribution in [2.24, 2.45) is 0 Å². The molecule has 0 bridgehead atoms. The van der Waals surface area contributed by atoms with Gasteiger partial charge in [-0.3, -0.25) is 0 Å². The van der Waals surface area contributed by atoms with Gasteiger partial charge in [0.25, 0.3) is 0 Å². The van der Waals surface area contributed by atoms with Crippen LogP contribution in [-0.4, -0.2) is 24.0 Å². The van der Waals surface area contributed by atoms with E-state index in [1.54, 1.807) is 0 Å². The number of alkyl halides is 3. The summed E-state index contributed by atoms with van der Waals surface area (Å²) in [6.45, 7) is -0.323. The van der Waals surface area contributed by atoms with Crippen LogP contribution >= 0.6 is 0 Å². The van der Waals surface area contributed by atoms with E-state index < -0.39 is 23.5 Å². The molecule has 0 heterocycles. The molecule has 4 nitrogen and oxygen atoms in total. The van der Waals surface area contributed by atoms with Crippen molar-refractivity contribution in [2.45, 2.75) is 44.4 Å². The molecule has 0 amide bonds. The molecule has 0 unspecified atom stereocenters. The lowest BCUT2D eigenvalue weighted by molar-refractivity contribution is -0.140. The molecule has 0 saturated heterocycles. The minimum atomic E-state index is -4.61. The van der Waals surface area contributed by atoms with Gasteiger partial charge in [0.1, 0.15) is 5.75 Å². The predicted molar refractivity (Wildman–Crippen MR) is 71.9 cm³/mol. The highest BCUT2D eigenvalue weighted by Crippen LogP contribution is 2.37. The Kier molecular flexibility index (Phi) is 5.28. The fourth-order valence-electron chi connectivity index (χ4n) is 2.43. The van der Waals surface area contributed by atoms with E-state index in [1.165, 1.54) is 0 Å². The molecule has 122 valence electrons. The topological polar surface area (TPSA) is 55.8 Å². The van der Waals surface area contributed by atoms with E-state index in [1.807, 2.05) is 0 Å². The van der Waals surface area contributed by atoms with Crippen molar-refractivity contribution >= 4 is 5.97 Å². The number of carbonyl (C=O) groups is 1. The number of ether oxygens (including phenoxy) is 2. The summed E-state index contributed by atoms with van der Waals surface area (Å²) in [6, 6.07) is 2.48. The van der Waals surface area contributed by atoms with Crippen molar-refractivity contribution in [1.82, 2.24) is 0 Å². The zero-order valence-electron chi connectivity index (χ0n) is 11.9. The molecule has 0 aromatic heterocycles. The van der Waals surface area contributed by atoms with Crippen LogP contribution in [0.1, 0.15) is 48.0 Å². The molecular formula is C15H17F3O4. The zero-order valence-corrected chi connectivity index (χ0v) is 11.9. The van der Waals surface area contributed by atoms with Gasteiger partial charge < -0.3 is 14.6 Å². The molecule has 1 aromatic rings. The smallest absolute Gasteiger partial charge is 0.419 e. The van der Waals surface area contributed by atoms with E-state index in [-0.39, 0.29) is 18.5 Å². The molecule has 7 heteroatoms. The minimum absolute atomic E-state index is 0.00857. The van der Waals surface area contributed by atoms with E-state index >= 15 is 0 Å². The largest absolute Gasteiger partial charge is 0.478 e. The fraction of sp³-hybridized carbons (Fsp3) is 0.533. The molecule has 1 aliphatic carbocycles. The summed E-state index contributed by atoms with van der Waals surface area (Å²) in [4.78, 5) is 10.9. The highest BCUT2D eigenvalue weighted by molar-refractivity contribution is 5.88. The Bertz CT molecular complexity index is 522. The van der Waals surface area contributed by atoms with E-state index in [9.17, 15) is 18.0 Å². The van der Waals surface area contributed by atoms with Crippen molar-refractivity contribution in [2.75, 3.05) is 6.79 Å². The van der Waals surface area contributed by atoms with Gasteiger partial charge in [0, 0.05) is 0 Å². The van der Waals surface area contributed by atoms with Crippen LogP contribution in [0, 0.1) is 0 Å². The molecule has 0 spiro atoms. The summed E-state index contributed by atoms with van der Waals surface area (Å²) < 4.78 is 49.2. The predicted octanol–water partition coefficient (Wildman–Crippen LogP) is 4.09. The van der Waals surface area contributed by atoms with Gasteiger partial charge in [0.15, 0.2) is 6.79 Å². The quantitative estimate of drug-likeness (QED) is 0.831. The molecule has 0 atom stereocenters. The first kappa shape index (κ1) is 16.6. The molecular weight excluding hydrogens is 301 g/mol. The molecule has 1 aromatic carbocycles. The summed E-state index contributed by atoms with van der Waals surface area (Å²) in [5.41, 5.74) is -1.27. The van der Waals surface area contributed by atoms with Gasteiger partial charge in [-0.2, -0.15) is 13.2 Å². The maximum Gasteiger partial charge on any atom is 0.419 e. The number of hydrogen-bond donors (Lipinski definition) is 1. The number of rotatable bonds is 5. The molecule has 0 radical (unpaired) electrons. The van der Waals surface area contributed by atoms with Crippen molar-refractivity contribution in [1.29, 1.82) is 0 Å². The fourth-order valence-corrected chi connectivity index (χ4v) is 2.43. The van der Waals surface area contributed by atoms with Gasteiger partial charge in [-0.05, 0) is 31.0 Å². The molecule has 1 saturated carbocycles. The number of hydrogen-bond acceptors (Lipinski definition) is 3. The Hall–Kier alpha value is -1.76. The van der Waals surface area contributed by atoms with Gasteiger partial charge >= 0.3 is 12.1 Å². The number of halogens is 3. The minimum Gasteiger partial charge on any atom is -0.478 e. The molecule has 1 fully saturated rings. The van der Waals surface area contributed by atoms with Gasteiger partial charge in [-0.25, -0.2) is 4.79 Å². The average Bonchev–Trinajstić information content (AvgIpc) is 2.47. The van der Waals surface area contributed by atoms with Crippen LogP contribution in [0.2, 0.25) is 0 Å². The second-order valence-electron chi connectivity index (χ2n) is 5.20. The van der Waals surface area contributed by atoms with Crippen molar-refractivity contribution in [3.63, 3.8) is 0 Å². The van der Waals surface area contributed by atoms with Crippen LogP contribution in [-0.2, 0) is 10.9 Å². The lowest BCUT2D eigenvalue weighted by atomic mass is 9.98. The summed E-state index contributed by atoms with van der Waals surface area (Å²) >= 11 is 0. The molecule has 22 heavy (non-hydrogen) atoms. The standard InChI is InChI=1S/C15H17F3O4/c16-15(17,18)12-7-6-10(14(19)20)8-13(12)22-9-21-11-4-2-1-3-5-11/h6-8,11H,1-5,9H2,(H,19,20). The number of benzene rings is 1. The Morgan fingerprint density at radius 2 is 1.91 bits per heavy atom. The van der Waals surface area contributed by atoms with E-state index in [2.05, 4.69) is 0 Å². The van der Waals surface area contributed by atoms with Crippen LogP contribution in [0.15, 0.2) is 18.2 Å². The monoisotopic (exact) mass is 318 g/mol. The SMILES string of the molecule is O=C(O)c1ccc(C(F)(F)F)c(OCOC2CCCCC2)c1. The number of carboxylic acid groups (broad SMARTS) is 1. The van der Waals surface area contributed by atoms with Crippen molar-refractivity contribution in [3.05, 3.63) is 29.3 Å². The molecule has 2 rings (SSSR count). The van der Waals surface area contributed by atoms with Gasteiger partial charge in [0.05, 0.1) is 17.2 Å². The second-order valence-corrected chi connectivity index (χ2v) is 5.20. The van der Waals surface area contributed by atoms with Crippen molar-refractivity contribution in [3.8, 4) is 5.75 Å². The molecule has 1 aliphatic rings. The lowest BCUT2D eigenvalue weighted by Gasteiger charge is -2.22. The first-order valence-electron chi connectivity index (χ1n) is 7.07. The van der Waals surface area contributed by atoms with Crippen LogP contribution in [0.4, 0.5) is 13.2 Å². The zero-order chi connectivity index (χ0) is 16.2. The van der Waals surface area contributed by atoms with E-state index in [0.717, 1.165) is 44.2 Å². The summed E-state index contributed by atoms with van der Waals surface area (Å²) in [5, 5.41) is 8.86. The third kappa shape index (κ3) is 4.37.